The molecule has 1 aliphatic carbocycles. The van der Waals surface area contributed by atoms with Crippen LogP contribution in [0.25, 0.3) is 0 Å². The number of allylic oxidation sites excluding steroid dienone is 1. The molecule has 2 radical (unpaired) electrons. The number of nitrogens with zero attached hydrogens (tertiary/aromatic N) is 1. The van der Waals surface area contributed by atoms with E-state index in [-0.39, 0.29) is 0 Å². The van der Waals surface area contributed by atoms with Crippen LogP contribution >= 0.6 is 0 Å². The van der Waals surface area contributed by atoms with Crippen molar-refractivity contribution in [3.8, 4) is 0 Å². The molecule has 1 aliphatic heterocycles. The first-order chi connectivity index (χ1) is 5.21. The van der Waals surface area contributed by atoms with Gasteiger partial charge < -0.3 is 0 Å². The highest BCUT2D eigenvalue weighted by Gasteiger charge is 2.41. The minimum Gasteiger partial charge on any atom is -0.289 e. The molecule has 1 saturated carbocycles. The van der Waals surface area contributed by atoms with Crippen molar-refractivity contribution in [1.82, 2.24) is 0 Å². The molecular weight excluding hydrogens is 133 g/mol. The van der Waals surface area contributed by atoms with E-state index < -0.39 is 0 Å². The molecule has 56 valence electrons. The molecule has 2 heteroatoms. The second kappa shape index (κ2) is 2.23. The second-order valence-corrected chi connectivity index (χ2v) is 3.80. The van der Waals surface area contributed by atoms with E-state index >= 15 is 0 Å². The van der Waals surface area contributed by atoms with Gasteiger partial charge in [0.1, 0.15) is 7.85 Å². The normalized spacial score (nSPS) is 27.4. The summed E-state index contributed by atoms with van der Waals surface area (Å²) in [5, 5.41) is 0. The lowest BCUT2D eigenvalue weighted by molar-refractivity contribution is 0.787. The van der Waals surface area contributed by atoms with Gasteiger partial charge in [-0.25, -0.2) is 0 Å². The highest BCUT2D eigenvalue weighted by Crippen LogP contribution is 2.47. The van der Waals surface area contributed by atoms with E-state index in [0.29, 0.717) is 5.41 Å². The van der Waals surface area contributed by atoms with Crippen molar-refractivity contribution in [2.45, 2.75) is 26.2 Å². The number of rotatable bonds is 1. The molecule has 2 rings (SSSR count). The fraction of sp³-hybridized carbons (Fsp3) is 0.667. The van der Waals surface area contributed by atoms with Crippen molar-refractivity contribution in [1.29, 1.82) is 0 Å². The van der Waals surface area contributed by atoms with Crippen LogP contribution in [0.2, 0.25) is 0 Å². The van der Waals surface area contributed by atoms with Gasteiger partial charge in [0.2, 0.25) is 0 Å². The largest absolute Gasteiger partial charge is 0.289 e. The first kappa shape index (κ1) is 7.14. The summed E-state index contributed by atoms with van der Waals surface area (Å²) < 4.78 is 0. The van der Waals surface area contributed by atoms with E-state index in [0.717, 1.165) is 18.4 Å². The molecule has 1 nitrogen and oxygen atoms in total. The van der Waals surface area contributed by atoms with Crippen molar-refractivity contribution in [2.75, 3.05) is 6.54 Å². The summed E-state index contributed by atoms with van der Waals surface area (Å²) in [6.45, 7) is 3.16. The summed E-state index contributed by atoms with van der Waals surface area (Å²) in [5.74, 6) is 0. The monoisotopic (exact) mass is 145 g/mol. The Morgan fingerprint density at radius 2 is 2.27 bits per heavy atom. The maximum Gasteiger partial charge on any atom is 0.107 e. The molecule has 1 fully saturated rings. The van der Waals surface area contributed by atoms with Gasteiger partial charge in [-0.15, -0.1) is 5.47 Å². The Morgan fingerprint density at radius 1 is 1.55 bits per heavy atom. The summed E-state index contributed by atoms with van der Waals surface area (Å²) >= 11 is 0. The van der Waals surface area contributed by atoms with Crippen LogP contribution < -0.4 is 0 Å². The molecule has 0 aromatic rings. The van der Waals surface area contributed by atoms with Gasteiger partial charge in [0.15, 0.2) is 0 Å². The maximum atomic E-state index is 5.73. The first-order valence-electron chi connectivity index (χ1n) is 4.22. The lowest BCUT2D eigenvalue weighted by Crippen LogP contribution is -2.14. The van der Waals surface area contributed by atoms with Crippen molar-refractivity contribution in [3.05, 3.63) is 11.5 Å². The predicted molar refractivity (Wildman–Crippen MR) is 48.1 cm³/mol. The predicted octanol–water partition coefficient (Wildman–Crippen LogP) is 1.68. The lowest BCUT2D eigenvalue weighted by atomic mass is 9.86. The average molecular weight is 145 g/mol. The van der Waals surface area contributed by atoms with Gasteiger partial charge in [-0.3, -0.25) is 4.99 Å². The van der Waals surface area contributed by atoms with Gasteiger partial charge in [0, 0.05) is 17.7 Å². The maximum absolute atomic E-state index is 5.73. The molecule has 0 spiro atoms. The third-order valence-corrected chi connectivity index (χ3v) is 2.62. The second-order valence-electron chi connectivity index (χ2n) is 3.80. The third kappa shape index (κ3) is 1.26. The molecule has 0 saturated heterocycles. The van der Waals surface area contributed by atoms with E-state index in [9.17, 15) is 0 Å². The van der Waals surface area contributed by atoms with Crippen LogP contribution in [-0.2, 0) is 0 Å². The minimum atomic E-state index is 0.394. The van der Waals surface area contributed by atoms with Crippen molar-refractivity contribution in [3.63, 3.8) is 0 Å². The van der Waals surface area contributed by atoms with Gasteiger partial charge >= 0.3 is 0 Å². The zero-order valence-corrected chi connectivity index (χ0v) is 6.93. The summed E-state index contributed by atoms with van der Waals surface area (Å²) in [4.78, 5) is 4.47. The fourth-order valence-corrected chi connectivity index (χ4v) is 1.41. The molecule has 0 aromatic heterocycles. The number of dihydropyridines is 1. The first-order valence-corrected chi connectivity index (χ1v) is 4.22. The Balaban J connectivity index is 2.20. The summed E-state index contributed by atoms with van der Waals surface area (Å²) in [7, 11) is 5.73. The molecule has 2 aliphatic rings. The summed E-state index contributed by atoms with van der Waals surface area (Å²) in [5.41, 5.74) is 2.63. The van der Waals surface area contributed by atoms with Crippen molar-refractivity contribution in [2.24, 2.45) is 10.4 Å². The molecule has 0 atom stereocenters. The van der Waals surface area contributed by atoms with Crippen LogP contribution in [0.3, 0.4) is 0 Å². The SMILES string of the molecule is [B]C1=CC(C2(C)CC2)=NCC1. The molecule has 0 amide bonds. The fourth-order valence-electron chi connectivity index (χ4n) is 1.41. The number of aliphatic imine (C=N–C) groups is 1. The van der Waals surface area contributed by atoms with Crippen molar-refractivity contribution >= 4 is 13.6 Å². The Morgan fingerprint density at radius 3 is 2.82 bits per heavy atom. The molecular formula is C9H12BN. The highest BCUT2D eigenvalue weighted by atomic mass is 14.8. The van der Waals surface area contributed by atoms with Crippen LogP contribution in [0.4, 0.5) is 0 Å². The van der Waals surface area contributed by atoms with Crippen LogP contribution in [-0.4, -0.2) is 20.1 Å². The van der Waals surface area contributed by atoms with E-state index in [2.05, 4.69) is 18.0 Å². The molecule has 0 N–H and O–H groups in total. The van der Waals surface area contributed by atoms with Gasteiger partial charge in [-0.05, 0) is 19.3 Å². The van der Waals surface area contributed by atoms with Crippen LogP contribution in [0, 0.1) is 5.41 Å². The number of hydrogen-bond donors (Lipinski definition) is 0. The van der Waals surface area contributed by atoms with Crippen molar-refractivity contribution < 1.29 is 0 Å². The van der Waals surface area contributed by atoms with Gasteiger partial charge in [-0.1, -0.05) is 13.0 Å². The standard InChI is InChI=1S/C9H12BN/c1-9(3-4-9)8-6-7(10)2-5-11-8/h6H,2-5H2,1H3. The van der Waals surface area contributed by atoms with Crippen LogP contribution in [0.5, 0.6) is 0 Å². The molecule has 11 heavy (non-hydrogen) atoms. The molecule has 0 aromatic carbocycles. The Hall–Kier alpha value is -0.525. The number of hydrogen-bond acceptors (Lipinski definition) is 1. The van der Waals surface area contributed by atoms with Crippen LogP contribution in [0.1, 0.15) is 26.2 Å². The molecule has 0 bridgehead atoms. The van der Waals surface area contributed by atoms with Gasteiger partial charge in [0.05, 0.1) is 0 Å². The molecule has 0 unspecified atom stereocenters. The van der Waals surface area contributed by atoms with E-state index in [1.165, 1.54) is 18.6 Å². The van der Waals surface area contributed by atoms with Gasteiger partial charge in [-0.2, -0.15) is 0 Å². The van der Waals surface area contributed by atoms with E-state index in [1.807, 2.05) is 0 Å². The topological polar surface area (TPSA) is 12.4 Å². The quantitative estimate of drug-likeness (QED) is 0.497. The summed E-state index contributed by atoms with van der Waals surface area (Å²) in [6, 6.07) is 0. The minimum absolute atomic E-state index is 0.394. The Bertz CT molecular complexity index is 236. The Labute approximate surface area is 69.0 Å². The highest BCUT2D eigenvalue weighted by molar-refractivity contribution is 6.24. The Kier molecular flexibility index (Phi) is 1.45. The van der Waals surface area contributed by atoms with E-state index in [1.54, 1.807) is 0 Å². The third-order valence-electron chi connectivity index (χ3n) is 2.62. The summed E-state index contributed by atoms with van der Waals surface area (Å²) in [6.07, 6.45) is 5.58. The zero-order chi connectivity index (χ0) is 7.90. The molecule has 1 heterocycles. The average Bonchev–Trinajstić information content (AvgIpc) is 2.70. The van der Waals surface area contributed by atoms with E-state index in [4.69, 9.17) is 7.85 Å². The smallest absolute Gasteiger partial charge is 0.107 e. The van der Waals surface area contributed by atoms with Crippen LogP contribution in [0.15, 0.2) is 16.5 Å². The van der Waals surface area contributed by atoms with Gasteiger partial charge in [0.25, 0.3) is 0 Å². The zero-order valence-electron chi connectivity index (χ0n) is 6.93. The lowest BCUT2D eigenvalue weighted by Gasteiger charge is -2.14.